The Balaban J connectivity index is 1.96. The van der Waals surface area contributed by atoms with E-state index in [1.807, 2.05) is 0 Å². The molecule has 2 bridgehead atoms. The fraction of sp³-hybridized carbons (Fsp3) is 0.400. The number of aromatic nitrogens is 1. The topological polar surface area (TPSA) is 65.6 Å². The maximum atomic E-state index is 11.9. The Hall–Kier alpha value is -1.60. The first kappa shape index (κ1) is 10.5. The number of hydrogen-bond acceptors (Lipinski definition) is 4. The van der Waals surface area contributed by atoms with Crippen molar-refractivity contribution in [3.05, 3.63) is 32.9 Å². The molecule has 1 saturated heterocycles. The molecule has 1 N–H and O–H groups in total. The highest BCUT2D eigenvalue weighted by molar-refractivity contribution is 7.09. The van der Waals surface area contributed by atoms with Gasteiger partial charge >= 0.3 is 10.9 Å². The first-order valence-electron chi connectivity index (χ1n) is 5.24. The molecular weight excluding hydrogens is 242 g/mol. The van der Waals surface area contributed by atoms with Gasteiger partial charge in [-0.05, 0) is 0 Å². The van der Waals surface area contributed by atoms with Crippen molar-refractivity contribution in [1.82, 2.24) is 14.9 Å². The van der Waals surface area contributed by atoms with Gasteiger partial charge in [-0.3, -0.25) is 9.63 Å². The van der Waals surface area contributed by atoms with Gasteiger partial charge in [0, 0.05) is 0 Å². The van der Waals surface area contributed by atoms with E-state index in [0.29, 0.717) is 13.1 Å². The molecule has 6 nitrogen and oxygen atoms in total. The molecule has 1 fully saturated rings. The number of carbonyl (C=O) groups is 1. The summed E-state index contributed by atoms with van der Waals surface area (Å²) in [6.45, 7) is 4.87. The molecule has 90 valence electrons. The standard InChI is InChI=1S/C10H11N3O3S/c1-2-3-16-13-7-5-12(10(13)15)4-6-8(7)17-9(14)11-6/h2,7H,1,3-5H2,(H,11,14). The van der Waals surface area contributed by atoms with Crippen molar-refractivity contribution in [3.8, 4) is 0 Å². The molecular formula is C10H11N3O3S. The van der Waals surface area contributed by atoms with Gasteiger partial charge in [0.15, 0.2) is 0 Å². The van der Waals surface area contributed by atoms with Gasteiger partial charge in [0.1, 0.15) is 6.04 Å². The minimum absolute atomic E-state index is 0.0835. The third-order valence-corrected chi connectivity index (χ3v) is 3.90. The Kier molecular flexibility index (Phi) is 2.30. The van der Waals surface area contributed by atoms with Crippen LogP contribution in [0.25, 0.3) is 0 Å². The minimum Gasteiger partial charge on any atom is -0.314 e. The van der Waals surface area contributed by atoms with Crippen molar-refractivity contribution >= 4 is 17.4 Å². The zero-order valence-corrected chi connectivity index (χ0v) is 9.83. The number of amides is 2. The predicted octanol–water partition coefficient (Wildman–Crippen LogP) is 0.846. The van der Waals surface area contributed by atoms with Crippen molar-refractivity contribution in [2.45, 2.75) is 12.6 Å². The quantitative estimate of drug-likeness (QED) is 0.812. The second-order valence-electron chi connectivity index (χ2n) is 3.95. The highest BCUT2D eigenvalue weighted by atomic mass is 32.1. The first-order chi connectivity index (χ1) is 8.20. The van der Waals surface area contributed by atoms with Crippen LogP contribution >= 0.6 is 11.3 Å². The molecule has 0 radical (unpaired) electrons. The molecule has 2 aliphatic rings. The average Bonchev–Trinajstić information content (AvgIpc) is 2.79. The van der Waals surface area contributed by atoms with Crippen LogP contribution < -0.4 is 4.87 Å². The molecule has 3 rings (SSSR count). The van der Waals surface area contributed by atoms with Crippen LogP contribution in [-0.2, 0) is 11.4 Å². The fourth-order valence-electron chi connectivity index (χ4n) is 2.18. The molecule has 1 unspecified atom stereocenters. The number of urea groups is 1. The number of H-pyrrole nitrogens is 1. The highest BCUT2D eigenvalue weighted by Gasteiger charge is 2.45. The van der Waals surface area contributed by atoms with Gasteiger partial charge in [0.2, 0.25) is 0 Å². The maximum Gasteiger partial charge on any atom is 0.345 e. The SMILES string of the molecule is C=CCON1C(=O)N2Cc3[nH]c(=O)sc3C1C2. The van der Waals surface area contributed by atoms with Crippen LogP contribution in [0.3, 0.4) is 0 Å². The smallest absolute Gasteiger partial charge is 0.314 e. The number of thiazole rings is 1. The lowest BCUT2D eigenvalue weighted by Gasteiger charge is -2.21. The predicted molar refractivity (Wildman–Crippen MR) is 61.5 cm³/mol. The molecule has 0 saturated carbocycles. The van der Waals surface area contributed by atoms with E-state index in [4.69, 9.17) is 4.84 Å². The van der Waals surface area contributed by atoms with Crippen LogP contribution in [0, 0.1) is 0 Å². The zero-order valence-electron chi connectivity index (χ0n) is 9.01. The summed E-state index contributed by atoms with van der Waals surface area (Å²) in [7, 11) is 0. The number of hydroxylamine groups is 2. The summed E-state index contributed by atoms with van der Waals surface area (Å²) in [5.41, 5.74) is 0.828. The van der Waals surface area contributed by atoms with Crippen LogP contribution in [0.1, 0.15) is 16.6 Å². The van der Waals surface area contributed by atoms with Crippen molar-refractivity contribution in [1.29, 1.82) is 0 Å². The Labute approximate surface area is 101 Å². The summed E-state index contributed by atoms with van der Waals surface area (Å²) in [6, 6.07) is -0.323. The van der Waals surface area contributed by atoms with E-state index in [0.717, 1.165) is 21.9 Å². The molecule has 0 aromatic carbocycles. The van der Waals surface area contributed by atoms with E-state index in [9.17, 15) is 9.59 Å². The Morgan fingerprint density at radius 2 is 2.41 bits per heavy atom. The Bertz CT molecular complexity index is 535. The lowest BCUT2D eigenvalue weighted by Crippen LogP contribution is -2.30. The van der Waals surface area contributed by atoms with Gasteiger partial charge in [0.25, 0.3) is 0 Å². The van der Waals surface area contributed by atoms with Gasteiger partial charge in [-0.15, -0.1) is 6.58 Å². The van der Waals surface area contributed by atoms with Gasteiger partial charge in [-0.1, -0.05) is 17.4 Å². The second kappa shape index (κ2) is 3.71. The van der Waals surface area contributed by atoms with Crippen molar-refractivity contribution in [3.63, 3.8) is 0 Å². The number of carbonyl (C=O) groups excluding carboxylic acids is 1. The van der Waals surface area contributed by atoms with E-state index in [1.165, 1.54) is 5.06 Å². The maximum absolute atomic E-state index is 11.9. The monoisotopic (exact) mass is 253 g/mol. The van der Waals surface area contributed by atoms with Gasteiger partial charge in [-0.25, -0.2) is 4.79 Å². The van der Waals surface area contributed by atoms with E-state index < -0.39 is 0 Å². The number of aromatic amines is 1. The molecule has 2 aliphatic heterocycles. The fourth-order valence-corrected chi connectivity index (χ4v) is 3.10. The van der Waals surface area contributed by atoms with Crippen molar-refractivity contribution in [2.75, 3.05) is 13.2 Å². The van der Waals surface area contributed by atoms with E-state index in [1.54, 1.807) is 11.0 Å². The minimum atomic E-state index is -0.171. The van der Waals surface area contributed by atoms with Crippen molar-refractivity contribution in [2.24, 2.45) is 0 Å². The number of rotatable bonds is 3. The van der Waals surface area contributed by atoms with Crippen LogP contribution in [0.5, 0.6) is 0 Å². The van der Waals surface area contributed by atoms with Crippen LogP contribution in [0.4, 0.5) is 4.79 Å². The molecule has 2 amide bonds. The van der Waals surface area contributed by atoms with Crippen LogP contribution in [-0.4, -0.2) is 34.1 Å². The summed E-state index contributed by atoms with van der Waals surface area (Å²) in [5.74, 6) is 0. The third-order valence-electron chi connectivity index (χ3n) is 2.87. The second-order valence-corrected chi connectivity index (χ2v) is 4.96. The molecule has 0 aliphatic carbocycles. The van der Waals surface area contributed by atoms with E-state index >= 15 is 0 Å². The molecule has 1 aromatic rings. The lowest BCUT2D eigenvalue weighted by molar-refractivity contribution is -0.118. The molecule has 7 heteroatoms. The molecule has 1 aromatic heterocycles. The Morgan fingerprint density at radius 1 is 1.59 bits per heavy atom. The summed E-state index contributed by atoms with van der Waals surface area (Å²) in [4.78, 5) is 33.9. The normalized spacial score (nSPS) is 21.9. The summed E-state index contributed by atoms with van der Waals surface area (Å²) in [5, 5.41) is 1.34. The number of nitrogens with one attached hydrogen (secondary N) is 1. The molecule has 1 atom stereocenters. The lowest BCUT2D eigenvalue weighted by atomic mass is 10.1. The number of hydrogen-bond donors (Lipinski definition) is 1. The third kappa shape index (κ3) is 1.50. The van der Waals surface area contributed by atoms with Gasteiger partial charge in [0.05, 0.1) is 30.3 Å². The number of fused-ring (bicyclic) bond motifs is 4. The summed E-state index contributed by atoms with van der Waals surface area (Å²) < 4.78 is 0. The van der Waals surface area contributed by atoms with Crippen molar-refractivity contribution < 1.29 is 9.63 Å². The summed E-state index contributed by atoms with van der Waals surface area (Å²) in [6.07, 6.45) is 1.59. The highest BCUT2D eigenvalue weighted by Crippen LogP contribution is 2.38. The largest absolute Gasteiger partial charge is 0.345 e. The number of nitrogens with zero attached hydrogens (tertiary/aromatic N) is 2. The Morgan fingerprint density at radius 3 is 3.18 bits per heavy atom. The van der Waals surface area contributed by atoms with E-state index in [2.05, 4.69) is 11.6 Å². The van der Waals surface area contributed by atoms with Crippen LogP contribution in [0.15, 0.2) is 17.4 Å². The van der Waals surface area contributed by atoms with Gasteiger partial charge in [-0.2, -0.15) is 5.06 Å². The first-order valence-corrected chi connectivity index (χ1v) is 6.06. The zero-order chi connectivity index (χ0) is 12.0. The molecule has 17 heavy (non-hydrogen) atoms. The molecule has 3 heterocycles. The van der Waals surface area contributed by atoms with Crippen LogP contribution in [0.2, 0.25) is 0 Å². The average molecular weight is 253 g/mol. The van der Waals surface area contributed by atoms with E-state index in [-0.39, 0.29) is 23.6 Å². The van der Waals surface area contributed by atoms with Gasteiger partial charge < -0.3 is 9.88 Å². The molecule has 0 spiro atoms. The summed E-state index contributed by atoms with van der Waals surface area (Å²) >= 11 is 1.15.